The Hall–Kier alpha value is -2.33. The Morgan fingerprint density at radius 3 is 2.38 bits per heavy atom. The molecule has 1 heterocycles. The predicted octanol–water partition coefficient (Wildman–Crippen LogP) is 4.69. The van der Waals surface area contributed by atoms with Crippen LogP contribution in [0.2, 0.25) is 0 Å². The van der Waals surface area contributed by atoms with E-state index in [0.717, 1.165) is 21.8 Å². The number of nitrogens with zero attached hydrogens (tertiary/aromatic N) is 1. The zero-order valence-electron chi connectivity index (χ0n) is 11.7. The largest absolute Gasteiger partial charge is 0.508 e. The Morgan fingerprint density at radius 2 is 1.76 bits per heavy atom. The molecular formula is C17H16N2OS. The molecule has 3 rings (SSSR count). The van der Waals surface area contributed by atoms with E-state index in [1.165, 1.54) is 0 Å². The van der Waals surface area contributed by atoms with Gasteiger partial charge in [0, 0.05) is 28.9 Å². The number of rotatable bonds is 4. The number of aromatic nitrogens is 1. The molecule has 2 N–H and O–H groups in total. The molecule has 0 aliphatic rings. The van der Waals surface area contributed by atoms with E-state index in [9.17, 15) is 5.11 Å². The molecule has 0 aliphatic carbocycles. The van der Waals surface area contributed by atoms with Gasteiger partial charge in [-0.2, -0.15) is 0 Å². The summed E-state index contributed by atoms with van der Waals surface area (Å²) in [5.41, 5.74) is 3.33. The summed E-state index contributed by atoms with van der Waals surface area (Å²) in [5.74, 6) is 0.291. The van der Waals surface area contributed by atoms with E-state index in [0.29, 0.717) is 5.75 Å². The van der Waals surface area contributed by atoms with Gasteiger partial charge in [0.25, 0.3) is 0 Å². The maximum absolute atomic E-state index is 9.32. The molecule has 1 atom stereocenters. The number of hydrogen-bond acceptors (Lipinski definition) is 4. The first-order valence-corrected chi connectivity index (χ1v) is 7.66. The number of phenolic OH excluding ortho intramolecular Hbond substituents is 1. The van der Waals surface area contributed by atoms with Crippen molar-refractivity contribution in [2.75, 3.05) is 5.32 Å². The molecular weight excluding hydrogens is 280 g/mol. The highest BCUT2D eigenvalue weighted by Gasteiger charge is 2.06. The Bertz CT molecular complexity index is 691. The monoisotopic (exact) mass is 296 g/mol. The van der Waals surface area contributed by atoms with Crippen molar-refractivity contribution in [1.82, 2.24) is 4.98 Å². The summed E-state index contributed by atoms with van der Waals surface area (Å²) in [7, 11) is 0. The van der Waals surface area contributed by atoms with E-state index in [2.05, 4.69) is 41.5 Å². The second-order valence-electron chi connectivity index (χ2n) is 4.87. The normalized spacial score (nSPS) is 12.0. The fourth-order valence-corrected chi connectivity index (χ4v) is 2.82. The van der Waals surface area contributed by atoms with Crippen LogP contribution in [0.1, 0.15) is 18.5 Å². The lowest BCUT2D eigenvalue weighted by Crippen LogP contribution is -2.06. The topological polar surface area (TPSA) is 45.2 Å². The highest BCUT2D eigenvalue weighted by molar-refractivity contribution is 7.13. The third-order valence-electron chi connectivity index (χ3n) is 3.34. The van der Waals surface area contributed by atoms with Gasteiger partial charge in [0.05, 0.1) is 0 Å². The number of aromatic hydroxyl groups is 1. The molecule has 0 spiro atoms. The minimum Gasteiger partial charge on any atom is -0.508 e. The predicted molar refractivity (Wildman–Crippen MR) is 87.7 cm³/mol. The first-order valence-electron chi connectivity index (χ1n) is 6.78. The van der Waals surface area contributed by atoms with Crippen LogP contribution in [-0.2, 0) is 0 Å². The Kier molecular flexibility index (Phi) is 3.88. The number of thiazole rings is 1. The molecule has 3 aromatic rings. The summed E-state index contributed by atoms with van der Waals surface area (Å²) >= 11 is 1.64. The summed E-state index contributed by atoms with van der Waals surface area (Å²) in [6.45, 7) is 2.10. The van der Waals surface area contributed by atoms with Gasteiger partial charge in [0.15, 0.2) is 0 Å². The summed E-state index contributed by atoms with van der Waals surface area (Å²) in [6, 6.07) is 15.7. The van der Waals surface area contributed by atoms with E-state index >= 15 is 0 Å². The molecule has 4 heteroatoms. The number of benzene rings is 2. The van der Waals surface area contributed by atoms with Gasteiger partial charge in [-0.1, -0.05) is 12.1 Å². The van der Waals surface area contributed by atoms with Crippen LogP contribution in [0.5, 0.6) is 5.75 Å². The molecule has 1 aromatic heterocycles. The van der Waals surface area contributed by atoms with Gasteiger partial charge in [-0.05, 0) is 48.9 Å². The highest BCUT2D eigenvalue weighted by Crippen LogP contribution is 2.25. The summed E-state index contributed by atoms with van der Waals surface area (Å²) in [5, 5.41) is 15.8. The quantitative estimate of drug-likeness (QED) is 0.734. The van der Waals surface area contributed by atoms with Gasteiger partial charge < -0.3 is 10.4 Å². The van der Waals surface area contributed by atoms with Gasteiger partial charge in [0.2, 0.25) is 0 Å². The minimum absolute atomic E-state index is 0.177. The van der Waals surface area contributed by atoms with Crippen LogP contribution in [0.25, 0.3) is 10.6 Å². The van der Waals surface area contributed by atoms with E-state index in [-0.39, 0.29) is 6.04 Å². The van der Waals surface area contributed by atoms with E-state index in [4.69, 9.17) is 0 Å². The Morgan fingerprint density at radius 1 is 1.05 bits per heavy atom. The van der Waals surface area contributed by atoms with Crippen LogP contribution in [0.3, 0.4) is 0 Å². The molecule has 106 valence electrons. The van der Waals surface area contributed by atoms with Crippen molar-refractivity contribution in [3.05, 3.63) is 65.7 Å². The number of phenols is 1. The average Bonchev–Trinajstić information content (AvgIpc) is 3.03. The average molecular weight is 296 g/mol. The van der Waals surface area contributed by atoms with Gasteiger partial charge in [-0.3, -0.25) is 0 Å². The molecule has 1 unspecified atom stereocenters. The smallest absolute Gasteiger partial charge is 0.123 e. The van der Waals surface area contributed by atoms with Crippen molar-refractivity contribution in [3.63, 3.8) is 0 Å². The molecule has 0 fully saturated rings. The Balaban J connectivity index is 1.71. The first kappa shape index (κ1) is 13.6. The second kappa shape index (κ2) is 5.97. The summed E-state index contributed by atoms with van der Waals surface area (Å²) in [4.78, 5) is 4.31. The lowest BCUT2D eigenvalue weighted by atomic mass is 10.1. The fraction of sp³-hybridized carbons (Fsp3) is 0.118. The molecule has 0 amide bonds. The van der Waals surface area contributed by atoms with Crippen LogP contribution < -0.4 is 5.32 Å². The van der Waals surface area contributed by atoms with Crippen LogP contribution >= 0.6 is 11.3 Å². The van der Waals surface area contributed by atoms with Crippen LogP contribution in [0, 0.1) is 0 Å². The summed E-state index contributed by atoms with van der Waals surface area (Å²) < 4.78 is 0. The number of nitrogens with one attached hydrogen (secondary N) is 1. The first-order chi connectivity index (χ1) is 10.2. The molecule has 2 aromatic carbocycles. The van der Waals surface area contributed by atoms with Crippen LogP contribution in [-0.4, -0.2) is 10.1 Å². The maximum Gasteiger partial charge on any atom is 0.123 e. The van der Waals surface area contributed by atoms with Crippen LogP contribution in [0.4, 0.5) is 5.69 Å². The van der Waals surface area contributed by atoms with Gasteiger partial charge >= 0.3 is 0 Å². The summed E-state index contributed by atoms with van der Waals surface area (Å²) in [6.07, 6.45) is 1.82. The standard InChI is InChI=1S/C17H16N2OS/c1-12(13-4-8-16(20)9-5-13)19-15-6-2-14(3-7-15)17-18-10-11-21-17/h2-12,19-20H,1H3. The SMILES string of the molecule is CC(Nc1ccc(-c2nccs2)cc1)c1ccc(O)cc1. The molecule has 0 radical (unpaired) electrons. The molecule has 0 saturated heterocycles. The molecule has 21 heavy (non-hydrogen) atoms. The van der Waals surface area contributed by atoms with Crippen molar-refractivity contribution in [1.29, 1.82) is 0 Å². The highest BCUT2D eigenvalue weighted by atomic mass is 32.1. The fourth-order valence-electron chi connectivity index (χ4n) is 2.17. The maximum atomic E-state index is 9.32. The Labute approximate surface area is 127 Å². The van der Waals surface area contributed by atoms with E-state index < -0.39 is 0 Å². The van der Waals surface area contributed by atoms with Crippen molar-refractivity contribution < 1.29 is 5.11 Å². The van der Waals surface area contributed by atoms with Crippen molar-refractivity contribution in [2.24, 2.45) is 0 Å². The van der Waals surface area contributed by atoms with Crippen molar-refractivity contribution in [3.8, 4) is 16.3 Å². The molecule has 3 nitrogen and oxygen atoms in total. The lowest BCUT2D eigenvalue weighted by molar-refractivity contribution is 0.475. The van der Waals surface area contributed by atoms with Gasteiger partial charge in [0.1, 0.15) is 10.8 Å². The van der Waals surface area contributed by atoms with Gasteiger partial charge in [-0.25, -0.2) is 4.98 Å². The third-order valence-corrected chi connectivity index (χ3v) is 4.16. The zero-order chi connectivity index (χ0) is 14.7. The lowest BCUT2D eigenvalue weighted by Gasteiger charge is -2.16. The second-order valence-corrected chi connectivity index (χ2v) is 5.77. The minimum atomic E-state index is 0.177. The van der Waals surface area contributed by atoms with Crippen molar-refractivity contribution in [2.45, 2.75) is 13.0 Å². The molecule has 0 aliphatic heterocycles. The van der Waals surface area contributed by atoms with Crippen LogP contribution in [0.15, 0.2) is 60.1 Å². The zero-order valence-corrected chi connectivity index (χ0v) is 12.5. The van der Waals surface area contributed by atoms with E-state index in [1.807, 2.05) is 23.7 Å². The van der Waals surface area contributed by atoms with Gasteiger partial charge in [-0.15, -0.1) is 11.3 Å². The molecule has 0 bridgehead atoms. The third kappa shape index (κ3) is 3.23. The van der Waals surface area contributed by atoms with Crippen molar-refractivity contribution >= 4 is 17.0 Å². The van der Waals surface area contributed by atoms with E-state index in [1.54, 1.807) is 23.5 Å². The number of anilines is 1. The molecule has 0 saturated carbocycles. The number of hydrogen-bond donors (Lipinski definition) is 2.